The van der Waals surface area contributed by atoms with Crippen LogP contribution < -0.4 is 21.1 Å². The zero-order valence-electron chi connectivity index (χ0n) is 22.3. The largest absolute Gasteiger partial charge is 0.437 e. The molecule has 1 aromatic carbocycles. The molecule has 2 amide bonds. The van der Waals surface area contributed by atoms with Crippen LogP contribution in [0.25, 0.3) is 0 Å². The molecule has 5 rings (SSSR count). The highest BCUT2D eigenvalue weighted by Crippen LogP contribution is 2.34. The number of ether oxygens (including phenoxy) is 1. The lowest BCUT2D eigenvalue weighted by Crippen LogP contribution is -2.36. The standard InChI is InChI=1S/C28H34N8O3/c1-4-23(37)31-18-6-5-7-22(14-18)39-28-24(17(2)3)33-25(26(29)38)27(34-28)32-19-15-30-36(16-19)21-10-12-35(13-11-21)20-8-9-20/h4-7,14-17,20-21H,1,8-13H2,2-3H3,(H2,29,38)(H,31,37)(H,32,34). The third-order valence-corrected chi connectivity index (χ3v) is 6.97. The molecule has 3 aromatic rings. The van der Waals surface area contributed by atoms with Crippen molar-refractivity contribution in [3.05, 3.63) is 60.7 Å². The van der Waals surface area contributed by atoms with Gasteiger partial charge in [-0.15, -0.1) is 0 Å². The number of piperidine rings is 1. The number of hydrogen-bond acceptors (Lipinski definition) is 8. The van der Waals surface area contributed by atoms with E-state index in [0.717, 1.165) is 32.0 Å². The van der Waals surface area contributed by atoms with Gasteiger partial charge in [0.25, 0.3) is 5.91 Å². The Morgan fingerprint density at radius 3 is 2.56 bits per heavy atom. The van der Waals surface area contributed by atoms with Gasteiger partial charge in [0.2, 0.25) is 11.8 Å². The maximum absolute atomic E-state index is 12.3. The molecule has 1 aliphatic heterocycles. The topological polar surface area (TPSA) is 140 Å². The van der Waals surface area contributed by atoms with E-state index in [-0.39, 0.29) is 29.2 Å². The van der Waals surface area contributed by atoms with Crippen LogP contribution in [0.4, 0.5) is 17.2 Å². The number of nitrogens with one attached hydrogen (secondary N) is 2. The van der Waals surface area contributed by atoms with Gasteiger partial charge in [-0.05, 0) is 43.9 Å². The first-order valence-corrected chi connectivity index (χ1v) is 13.3. The van der Waals surface area contributed by atoms with E-state index in [0.29, 0.717) is 28.9 Å². The van der Waals surface area contributed by atoms with Gasteiger partial charge < -0.3 is 26.0 Å². The molecule has 2 aliphatic rings. The Hall–Kier alpha value is -4.25. The Balaban J connectivity index is 1.38. The molecular weight excluding hydrogens is 496 g/mol. The highest BCUT2D eigenvalue weighted by atomic mass is 16.5. The lowest BCUT2D eigenvalue weighted by atomic mass is 10.1. The summed E-state index contributed by atoms with van der Waals surface area (Å²) in [5.74, 6) is -0.289. The van der Waals surface area contributed by atoms with Gasteiger partial charge >= 0.3 is 0 Å². The molecule has 0 atom stereocenters. The minimum Gasteiger partial charge on any atom is -0.437 e. The fraction of sp³-hybridized carbons (Fsp3) is 0.393. The van der Waals surface area contributed by atoms with E-state index in [9.17, 15) is 9.59 Å². The third kappa shape index (κ3) is 6.26. The van der Waals surface area contributed by atoms with Crippen LogP contribution in [0.5, 0.6) is 11.6 Å². The second kappa shape index (κ2) is 11.2. The van der Waals surface area contributed by atoms with Crippen molar-refractivity contribution in [3.63, 3.8) is 0 Å². The van der Waals surface area contributed by atoms with Crippen LogP contribution in [0, 0.1) is 0 Å². The number of rotatable bonds is 10. The summed E-state index contributed by atoms with van der Waals surface area (Å²) in [5, 5.41) is 10.4. The van der Waals surface area contributed by atoms with Crippen molar-refractivity contribution in [2.75, 3.05) is 23.7 Å². The van der Waals surface area contributed by atoms with Gasteiger partial charge in [0.1, 0.15) is 11.4 Å². The Bertz CT molecular complexity index is 1370. The molecule has 11 nitrogen and oxygen atoms in total. The lowest BCUT2D eigenvalue weighted by Gasteiger charge is -2.32. The Morgan fingerprint density at radius 2 is 1.90 bits per heavy atom. The monoisotopic (exact) mass is 530 g/mol. The molecule has 2 aromatic heterocycles. The molecule has 0 radical (unpaired) electrons. The SMILES string of the molecule is C=CC(=O)Nc1cccc(Oc2nc(Nc3cnn(C4CCN(C5CC5)CC4)c3)c(C(N)=O)nc2C(C)C)c1. The highest BCUT2D eigenvalue weighted by molar-refractivity contribution is 5.99. The summed E-state index contributed by atoms with van der Waals surface area (Å²) in [5.41, 5.74) is 7.40. The van der Waals surface area contributed by atoms with E-state index in [1.165, 1.54) is 18.9 Å². The predicted molar refractivity (Wildman–Crippen MR) is 148 cm³/mol. The van der Waals surface area contributed by atoms with Crippen LogP contribution in [0.3, 0.4) is 0 Å². The number of aromatic nitrogens is 4. The maximum atomic E-state index is 12.3. The fourth-order valence-corrected chi connectivity index (χ4v) is 4.78. The zero-order valence-corrected chi connectivity index (χ0v) is 22.3. The number of anilines is 3. The second-order valence-corrected chi connectivity index (χ2v) is 10.3. The van der Waals surface area contributed by atoms with Crippen molar-refractivity contribution < 1.29 is 14.3 Å². The normalized spacial score (nSPS) is 16.2. The molecule has 1 saturated heterocycles. The van der Waals surface area contributed by atoms with E-state index >= 15 is 0 Å². The van der Waals surface area contributed by atoms with E-state index in [1.54, 1.807) is 30.5 Å². The molecule has 1 saturated carbocycles. The summed E-state index contributed by atoms with van der Waals surface area (Å²) in [6.45, 7) is 9.50. The number of amides is 2. The lowest BCUT2D eigenvalue weighted by molar-refractivity contribution is -0.111. The van der Waals surface area contributed by atoms with Gasteiger partial charge in [-0.25, -0.2) is 4.98 Å². The summed E-state index contributed by atoms with van der Waals surface area (Å²) in [7, 11) is 0. The van der Waals surface area contributed by atoms with Crippen LogP contribution in [-0.2, 0) is 4.79 Å². The fourth-order valence-electron chi connectivity index (χ4n) is 4.78. The maximum Gasteiger partial charge on any atom is 0.271 e. The molecule has 11 heteroatoms. The van der Waals surface area contributed by atoms with Crippen LogP contribution in [0.2, 0.25) is 0 Å². The summed E-state index contributed by atoms with van der Waals surface area (Å²) in [4.78, 5) is 35.8. The molecule has 39 heavy (non-hydrogen) atoms. The third-order valence-electron chi connectivity index (χ3n) is 6.97. The first-order chi connectivity index (χ1) is 18.8. The van der Waals surface area contributed by atoms with Crippen molar-refractivity contribution in [3.8, 4) is 11.6 Å². The van der Waals surface area contributed by atoms with Gasteiger partial charge in [-0.3, -0.25) is 14.3 Å². The van der Waals surface area contributed by atoms with Gasteiger partial charge in [-0.2, -0.15) is 10.1 Å². The molecular formula is C28H34N8O3. The summed E-state index contributed by atoms with van der Waals surface area (Å²) in [6, 6.07) is 8.00. The van der Waals surface area contributed by atoms with Gasteiger partial charge in [0, 0.05) is 43.0 Å². The van der Waals surface area contributed by atoms with Crippen molar-refractivity contribution in [1.29, 1.82) is 0 Å². The van der Waals surface area contributed by atoms with E-state index in [2.05, 4.69) is 37.2 Å². The van der Waals surface area contributed by atoms with Crippen LogP contribution in [0.15, 0.2) is 49.3 Å². The Labute approximate surface area is 227 Å². The molecule has 3 heterocycles. The second-order valence-electron chi connectivity index (χ2n) is 10.3. The number of primary amides is 1. The first kappa shape index (κ1) is 26.4. The Kier molecular flexibility index (Phi) is 7.60. The molecule has 204 valence electrons. The predicted octanol–water partition coefficient (Wildman–Crippen LogP) is 4.36. The summed E-state index contributed by atoms with van der Waals surface area (Å²) in [6.07, 6.45) is 9.57. The van der Waals surface area contributed by atoms with Crippen molar-refractivity contribution in [2.45, 2.75) is 57.5 Å². The van der Waals surface area contributed by atoms with E-state index in [1.807, 2.05) is 24.7 Å². The van der Waals surface area contributed by atoms with E-state index < -0.39 is 5.91 Å². The van der Waals surface area contributed by atoms with Gasteiger partial charge in [-0.1, -0.05) is 26.5 Å². The smallest absolute Gasteiger partial charge is 0.271 e. The molecule has 0 bridgehead atoms. The van der Waals surface area contributed by atoms with Gasteiger partial charge in [0.15, 0.2) is 11.5 Å². The number of benzene rings is 1. The van der Waals surface area contributed by atoms with Crippen LogP contribution in [0.1, 0.15) is 67.7 Å². The van der Waals surface area contributed by atoms with Crippen LogP contribution in [-0.4, -0.2) is 55.6 Å². The number of carbonyl (C=O) groups excluding carboxylic acids is 2. The van der Waals surface area contributed by atoms with Crippen molar-refractivity contribution in [2.24, 2.45) is 5.73 Å². The Morgan fingerprint density at radius 1 is 1.13 bits per heavy atom. The molecule has 4 N–H and O–H groups in total. The number of nitrogens with zero attached hydrogens (tertiary/aromatic N) is 5. The minimum absolute atomic E-state index is 0.0172. The minimum atomic E-state index is -0.701. The number of carbonyl (C=O) groups is 2. The highest BCUT2D eigenvalue weighted by Gasteiger charge is 2.32. The van der Waals surface area contributed by atoms with E-state index in [4.69, 9.17) is 10.5 Å². The molecule has 2 fully saturated rings. The van der Waals surface area contributed by atoms with Crippen molar-refractivity contribution in [1.82, 2.24) is 24.6 Å². The summed E-state index contributed by atoms with van der Waals surface area (Å²) >= 11 is 0. The zero-order chi connectivity index (χ0) is 27.5. The number of nitrogens with two attached hydrogens (primary N) is 1. The molecule has 0 unspecified atom stereocenters. The molecule has 0 spiro atoms. The first-order valence-electron chi connectivity index (χ1n) is 13.3. The number of hydrogen-bond donors (Lipinski definition) is 3. The summed E-state index contributed by atoms with van der Waals surface area (Å²) < 4.78 is 8.09. The quantitative estimate of drug-likeness (QED) is 0.329. The van der Waals surface area contributed by atoms with Crippen molar-refractivity contribution >= 4 is 29.0 Å². The van der Waals surface area contributed by atoms with Gasteiger partial charge in [0.05, 0.1) is 17.9 Å². The number of likely N-dealkylation sites (tertiary alicyclic amines) is 1. The van der Waals surface area contributed by atoms with Crippen LogP contribution >= 0.6 is 0 Å². The average Bonchev–Trinajstić information content (AvgIpc) is 3.67. The average molecular weight is 531 g/mol. The molecule has 1 aliphatic carbocycles.